The van der Waals surface area contributed by atoms with Gasteiger partial charge in [0, 0.05) is 35.7 Å². The van der Waals surface area contributed by atoms with Crippen LogP contribution in [0.3, 0.4) is 0 Å². The summed E-state index contributed by atoms with van der Waals surface area (Å²) < 4.78 is 30.6. The van der Waals surface area contributed by atoms with Gasteiger partial charge in [-0.2, -0.15) is 11.8 Å². The van der Waals surface area contributed by atoms with E-state index in [9.17, 15) is 18.4 Å². The second kappa shape index (κ2) is 9.73. The van der Waals surface area contributed by atoms with Gasteiger partial charge in [0.2, 0.25) is 5.91 Å². The third-order valence-electron chi connectivity index (χ3n) is 4.64. The van der Waals surface area contributed by atoms with E-state index in [1.807, 2.05) is 24.3 Å². The number of ether oxygens (including phenoxy) is 1. The average Bonchev–Trinajstić information content (AvgIpc) is 2.90. The molecule has 0 aliphatic carbocycles. The van der Waals surface area contributed by atoms with Gasteiger partial charge in [-0.3, -0.25) is 9.59 Å². The smallest absolute Gasteiger partial charge is 0.263 e. The van der Waals surface area contributed by atoms with Gasteiger partial charge in [-0.1, -0.05) is 24.3 Å². The Kier molecular flexibility index (Phi) is 7.09. The van der Waals surface area contributed by atoms with Crippen molar-refractivity contribution in [3.05, 3.63) is 65.2 Å². The number of carbonyl (C=O) groups excluding carboxylic acids is 2. The lowest BCUT2D eigenvalue weighted by atomic mass is 10.1. The molecule has 1 aliphatic heterocycles. The molecule has 2 aromatic carbocycles. The standard InChI is InChI=1S/C21H22F2N2O3S/c1-28-17-4-2-3-14(11-17)12-25-9-10-29-13-18(21(25)27)24-20(26)16-7-5-15(6-8-16)19(22)23/h2-8,11,18-19H,9-10,12-13H2,1H3,(H,24,26)/t18-/m0/s1. The number of halogens is 2. The Morgan fingerprint density at radius 3 is 2.72 bits per heavy atom. The number of carbonyl (C=O) groups is 2. The summed E-state index contributed by atoms with van der Waals surface area (Å²) in [7, 11) is 1.59. The van der Waals surface area contributed by atoms with Crippen LogP contribution < -0.4 is 10.1 Å². The summed E-state index contributed by atoms with van der Waals surface area (Å²) in [5.41, 5.74) is 1.04. The minimum Gasteiger partial charge on any atom is -0.497 e. The van der Waals surface area contributed by atoms with E-state index in [4.69, 9.17) is 4.74 Å². The molecule has 0 spiro atoms. The zero-order valence-electron chi connectivity index (χ0n) is 15.9. The fourth-order valence-electron chi connectivity index (χ4n) is 3.05. The predicted octanol–water partition coefficient (Wildman–Crippen LogP) is 3.51. The van der Waals surface area contributed by atoms with E-state index in [0.29, 0.717) is 18.8 Å². The maximum atomic E-state index is 13.0. The minimum atomic E-state index is -2.59. The quantitative estimate of drug-likeness (QED) is 0.777. The predicted molar refractivity (Wildman–Crippen MR) is 108 cm³/mol. The highest BCUT2D eigenvalue weighted by molar-refractivity contribution is 7.99. The van der Waals surface area contributed by atoms with Crippen LogP contribution in [0.1, 0.15) is 27.9 Å². The molecule has 1 atom stereocenters. The van der Waals surface area contributed by atoms with Crippen LogP contribution in [0, 0.1) is 0 Å². The Morgan fingerprint density at radius 1 is 1.28 bits per heavy atom. The van der Waals surface area contributed by atoms with Crippen molar-refractivity contribution in [1.82, 2.24) is 10.2 Å². The first-order valence-electron chi connectivity index (χ1n) is 9.16. The molecule has 0 saturated carbocycles. The van der Waals surface area contributed by atoms with E-state index in [-0.39, 0.29) is 17.0 Å². The molecule has 8 heteroatoms. The number of nitrogens with one attached hydrogen (secondary N) is 1. The largest absolute Gasteiger partial charge is 0.497 e. The highest BCUT2D eigenvalue weighted by Crippen LogP contribution is 2.20. The van der Waals surface area contributed by atoms with Crippen LogP contribution in [-0.2, 0) is 11.3 Å². The molecular formula is C21H22F2N2O3S. The fourth-order valence-corrected chi connectivity index (χ4v) is 4.03. The molecule has 154 valence electrons. The molecule has 29 heavy (non-hydrogen) atoms. The minimum absolute atomic E-state index is 0.146. The second-order valence-electron chi connectivity index (χ2n) is 6.63. The van der Waals surface area contributed by atoms with E-state index in [0.717, 1.165) is 17.1 Å². The van der Waals surface area contributed by atoms with Gasteiger partial charge >= 0.3 is 0 Å². The molecule has 0 aromatic heterocycles. The Labute approximate surface area is 172 Å². The van der Waals surface area contributed by atoms with Gasteiger partial charge in [0.25, 0.3) is 12.3 Å². The number of alkyl halides is 2. The van der Waals surface area contributed by atoms with Crippen molar-refractivity contribution in [3.8, 4) is 5.75 Å². The Hall–Kier alpha value is -2.61. The molecule has 5 nitrogen and oxygen atoms in total. The maximum Gasteiger partial charge on any atom is 0.263 e. The van der Waals surface area contributed by atoms with Gasteiger partial charge in [0.1, 0.15) is 11.8 Å². The van der Waals surface area contributed by atoms with E-state index < -0.39 is 18.4 Å². The SMILES string of the molecule is COc1cccc(CN2CCSC[C@H](NC(=O)c3ccc(C(F)F)cc3)C2=O)c1. The molecule has 2 amide bonds. The number of methoxy groups -OCH3 is 1. The summed E-state index contributed by atoms with van der Waals surface area (Å²) in [5.74, 6) is 1.35. The van der Waals surface area contributed by atoms with Crippen LogP contribution in [-0.4, -0.2) is 47.9 Å². The van der Waals surface area contributed by atoms with E-state index in [2.05, 4.69) is 5.32 Å². The monoisotopic (exact) mass is 420 g/mol. The number of nitrogens with zero attached hydrogens (tertiary/aromatic N) is 1. The maximum absolute atomic E-state index is 13.0. The van der Waals surface area contributed by atoms with Crippen molar-refractivity contribution in [1.29, 1.82) is 0 Å². The van der Waals surface area contributed by atoms with Crippen molar-refractivity contribution in [2.24, 2.45) is 0 Å². The molecule has 2 aromatic rings. The molecule has 1 aliphatic rings. The molecule has 0 radical (unpaired) electrons. The summed E-state index contributed by atoms with van der Waals surface area (Å²) >= 11 is 1.59. The van der Waals surface area contributed by atoms with Gasteiger partial charge in [-0.05, 0) is 29.8 Å². The third kappa shape index (κ3) is 5.47. The first kappa shape index (κ1) is 21.1. The molecule has 1 heterocycles. The van der Waals surface area contributed by atoms with Crippen molar-refractivity contribution in [2.45, 2.75) is 19.0 Å². The van der Waals surface area contributed by atoms with Gasteiger partial charge in [0.05, 0.1) is 7.11 Å². The molecule has 1 fully saturated rings. The molecular weight excluding hydrogens is 398 g/mol. The average molecular weight is 420 g/mol. The zero-order valence-corrected chi connectivity index (χ0v) is 16.8. The second-order valence-corrected chi connectivity index (χ2v) is 7.78. The lowest BCUT2D eigenvalue weighted by Gasteiger charge is -2.25. The van der Waals surface area contributed by atoms with Crippen LogP contribution in [0.2, 0.25) is 0 Å². The van der Waals surface area contributed by atoms with Crippen LogP contribution in [0.15, 0.2) is 48.5 Å². The fraction of sp³-hybridized carbons (Fsp3) is 0.333. The third-order valence-corrected chi connectivity index (χ3v) is 5.68. The highest BCUT2D eigenvalue weighted by Gasteiger charge is 2.29. The summed E-state index contributed by atoms with van der Waals surface area (Å²) in [5, 5.41) is 2.75. The Bertz CT molecular complexity index is 861. The first-order valence-corrected chi connectivity index (χ1v) is 10.3. The topological polar surface area (TPSA) is 58.6 Å². The number of hydrogen-bond acceptors (Lipinski definition) is 4. The van der Waals surface area contributed by atoms with Crippen LogP contribution in [0.25, 0.3) is 0 Å². The molecule has 3 rings (SSSR count). The van der Waals surface area contributed by atoms with Gasteiger partial charge in [-0.25, -0.2) is 8.78 Å². The van der Waals surface area contributed by atoms with Crippen LogP contribution >= 0.6 is 11.8 Å². The normalized spacial score (nSPS) is 17.2. The molecule has 0 bridgehead atoms. The van der Waals surface area contributed by atoms with E-state index in [1.54, 1.807) is 23.8 Å². The number of benzene rings is 2. The number of hydrogen-bond donors (Lipinski definition) is 1. The zero-order chi connectivity index (χ0) is 20.8. The van der Waals surface area contributed by atoms with E-state index >= 15 is 0 Å². The molecule has 1 saturated heterocycles. The number of rotatable bonds is 6. The first-order chi connectivity index (χ1) is 14.0. The van der Waals surface area contributed by atoms with Gasteiger partial charge in [-0.15, -0.1) is 0 Å². The van der Waals surface area contributed by atoms with Crippen LogP contribution in [0.4, 0.5) is 8.78 Å². The number of amides is 2. The lowest BCUT2D eigenvalue weighted by molar-refractivity contribution is -0.132. The summed E-state index contributed by atoms with van der Waals surface area (Å²) in [6, 6.07) is 12.0. The summed E-state index contributed by atoms with van der Waals surface area (Å²) in [6.07, 6.45) is -2.59. The molecule has 1 N–H and O–H groups in total. The summed E-state index contributed by atoms with van der Waals surface area (Å²) in [6.45, 7) is 1.00. The van der Waals surface area contributed by atoms with Crippen molar-refractivity contribution < 1.29 is 23.1 Å². The molecule has 0 unspecified atom stereocenters. The summed E-state index contributed by atoms with van der Waals surface area (Å²) in [4.78, 5) is 27.2. The van der Waals surface area contributed by atoms with Crippen molar-refractivity contribution >= 4 is 23.6 Å². The Balaban J connectivity index is 1.68. The van der Waals surface area contributed by atoms with Crippen LogP contribution in [0.5, 0.6) is 5.75 Å². The lowest BCUT2D eigenvalue weighted by Crippen LogP contribution is -2.48. The van der Waals surface area contributed by atoms with Crippen molar-refractivity contribution in [3.63, 3.8) is 0 Å². The van der Waals surface area contributed by atoms with Gasteiger partial charge < -0.3 is 15.0 Å². The van der Waals surface area contributed by atoms with E-state index in [1.165, 1.54) is 24.3 Å². The van der Waals surface area contributed by atoms with Gasteiger partial charge in [0.15, 0.2) is 0 Å². The van der Waals surface area contributed by atoms with Crippen molar-refractivity contribution in [2.75, 3.05) is 25.2 Å². The highest BCUT2D eigenvalue weighted by atomic mass is 32.2. The number of thioether (sulfide) groups is 1. The Morgan fingerprint density at radius 2 is 2.03 bits per heavy atom.